The van der Waals surface area contributed by atoms with E-state index in [0.717, 1.165) is 4.47 Å². The Bertz CT molecular complexity index is 396. The van der Waals surface area contributed by atoms with E-state index in [4.69, 9.17) is 0 Å². The Morgan fingerprint density at radius 1 is 1.45 bits per heavy atom. The summed E-state index contributed by atoms with van der Waals surface area (Å²) in [4.78, 5) is 6.10. The third kappa shape index (κ3) is 1.14. The number of H-pyrrole nitrogens is 1. The van der Waals surface area contributed by atoms with Crippen molar-refractivity contribution >= 4 is 27.0 Å². The summed E-state index contributed by atoms with van der Waals surface area (Å²) >= 11 is 3.27. The molecule has 1 aromatic carbocycles. The highest BCUT2D eigenvalue weighted by Gasteiger charge is 2.00. The number of benzene rings is 1. The van der Waals surface area contributed by atoms with Gasteiger partial charge in [0.15, 0.2) is 0 Å². The molecule has 0 fully saturated rings. The highest BCUT2D eigenvalue weighted by molar-refractivity contribution is 9.10. The number of hydrogen-bond acceptors (Lipinski definition) is 1. The summed E-state index contributed by atoms with van der Waals surface area (Å²) < 4.78 is 13.4. The van der Waals surface area contributed by atoms with Crippen LogP contribution in [-0.2, 0) is 0 Å². The van der Waals surface area contributed by atoms with Gasteiger partial charge in [0, 0.05) is 4.47 Å². The zero-order chi connectivity index (χ0) is 7.84. The summed E-state index contributed by atoms with van der Waals surface area (Å²) in [6.07, 6.45) is -0.543. The molecule has 1 aromatic heterocycles. The van der Waals surface area contributed by atoms with E-state index in [2.05, 4.69) is 25.9 Å². The molecule has 0 unspecified atom stereocenters. The highest BCUT2D eigenvalue weighted by Crippen LogP contribution is 2.16. The number of imidazole rings is 1. The van der Waals surface area contributed by atoms with Crippen molar-refractivity contribution in [3.63, 3.8) is 0 Å². The second-order valence-electron chi connectivity index (χ2n) is 2.19. The molecule has 2 nitrogen and oxygen atoms in total. The molecule has 2 rings (SSSR count). The van der Waals surface area contributed by atoms with Crippen LogP contribution >= 0.6 is 15.9 Å². The average molecular weight is 215 g/mol. The van der Waals surface area contributed by atoms with Gasteiger partial charge in [-0.3, -0.25) is 0 Å². The van der Waals surface area contributed by atoms with Gasteiger partial charge in [-0.15, -0.1) is 0 Å². The predicted octanol–water partition coefficient (Wildman–Crippen LogP) is 2.46. The third-order valence-corrected chi connectivity index (χ3v) is 1.91. The van der Waals surface area contributed by atoms with Gasteiger partial charge >= 0.3 is 0 Å². The van der Waals surface area contributed by atoms with Gasteiger partial charge in [0.05, 0.1) is 11.0 Å². The third-order valence-electron chi connectivity index (χ3n) is 1.42. The first-order valence-corrected chi connectivity index (χ1v) is 3.86. The fourth-order valence-corrected chi connectivity index (χ4v) is 1.31. The van der Waals surface area contributed by atoms with Crippen molar-refractivity contribution in [1.82, 2.24) is 9.97 Å². The lowest BCUT2D eigenvalue weighted by Gasteiger charge is -1.87. The molecule has 4 heteroatoms. The van der Waals surface area contributed by atoms with E-state index in [1.165, 1.54) is 0 Å². The van der Waals surface area contributed by atoms with Gasteiger partial charge in [0.1, 0.15) is 0 Å². The average Bonchev–Trinajstić information content (AvgIpc) is 2.27. The van der Waals surface area contributed by atoms with Gasteiger partial charge < -0.3 is 4.98 Å². The molecule has 0 aliphatic carbocycles. The van der Waals surface area contributed by atoms with Crippen molar-refractivity contribution in [3.05, 3.63) is 28.7 Å². The lowest BCUT2D eigenvalue weighted by Crippen LogP contribution is -1.69. The summed E-state index contributed by atoms with van der Waals surface area (Å²) in [5, 5.41) is 0. The predicted molar refractivity (Wildman–Crippen MR) is 43.8 cm³/mol. The van der Waals surface area contributed by atoms with E-state index in [9.17, 15) is 4.39 Å². The van der Waals surface area contributed by atoms with E-state index in [-0.39, 0.29) is 0 Å². The Morgan fingerprint density at radius 2 is 2.27 bits per heavy atom. The minimum absolute atomic E-state index is 0.543. The normalized spacial score (nSPS) is 10.7. The van der Waals surface area contributed by atoms with Crippen LogP contribution in [0.15, 0.2) is 22.7 Å². The molecule has 0 saturated heterocycles. The van der Waals surface area contributed by atoms with Crippen LogP contribution in [0, 0.1) is 6.08 Å². The number of halogens is 2. The maximum atomic E-state index is 12.5. The first-order chi connectivity index (χ1) is 5.25. The number of hydrogen-bond donors (Lipinski definition) is 1. The maximum absolute atomic E-state index is 12.5. The van der Waals surface area contributed by atoms with E-state index in [1.54, 1.807) is 12.1 Å². The smallest absolute Gasteiger partial charge is 0.287 e. The molecule has 0 aliphatic rings. The van der Waals surface area contributed by atoms with E-state index >= 15 is 0 Å². The summed E-state index contributed by atoms with van der Waals surface area (Å²) in [6.45, 7) is 0. The Kier molecular flexibility index (Phi) is 1.42. The van der Waals surface area contributed by atoms with Crippen LogP contribution in [-0.4, -0.2) is 9.97 Å². The summed E-state index contributed by atoms with van der Waals surface area (Å²) in [6, 6.07) is 5.35. The standard InChI is InChI=1S/C7H4BrFN2/c8-4-1-2-5-6(3-4)11-7(9)10-5/h1-3H,(H,10,11). The Labute approximate surface area is 70.6 Å². The molecule has 0 bridgehead atoms. The van der Waals surface area contributed by atoms with Crippen LogP contribution < -0.4 is 0 Å². The van der Waals surface area contributed by atoms with E-state index in [1.807, 2.05) is 6.07 Å². The van der Waals surface area contributed by atoms with Crippen LogP contribution in [0.25, 0.3) is 11.0 Å². The molecule has 2 aromatic rings. The maximum Gasteiger partial charge on any atom is 0.287 e. The Hall–Kier alpha value is -0.900. The van der Waals surface area contributed by atoms with Gasteiger partial charge in [-0.1, -0.05) is 15.9 Å². The van der Waals surface area contributed by atoms with Crippen molar-refractivity contribution in [2.45, 2.75) is 0 Å². The van der Waals surface area contributed by atoms with Crippen LogP contribution in [0.3, 0.4) is 0 Å². The van der Waals surface area contributed by atoms with Crippen LogP contribution in [0.5, 0.6) is 0 Å². The second-order valence-corrected chi connectivity index (χ2v) is 3.10. The quantitative estimate of drug-likeness (QED) is 0.718. The molecular formula is C7H4BrFN2. The lowest BCUT2D eigenvalue weighted by molar-refractivity contribution is 0.556. The Morgan fingerprint density at radius 3 is 3.09 bits per heavy atom. The largest absolute Gasteiger partial charge is 0.314 e. The number of aromatic amines is 1. The first kappa shape index (κ1) is 6.79. The molecule has 56 valence electrons. The highest BCUT2D eigenvalue weighted by atomic mass is 79.9. The minimum Gasteiger partial charge on any atom is -0.314 e. The van der Waals surface area contributed by atoms with Crippen LogP contribution in [0.1, 0.15) is 0 Å². The lowest BCUT2D eigenvalue weighted by atomic mass is 10.3. The summed E-state index contributed by atoms with van der Waals surface area (Å²) in [7, 11) is 0. The molecule has 0 spiro atoms. The van der Waals surface area contributed by atoms with Crippen LogP contribution in [0.2, 0.25) is 0 Å². The van der Waals surface area contributed by atoms with Crippen molar-refractivity contribution in [1.29, 1.82) is 0 Å². The fourth-order valence-electron chi connectivity index (χ4n) is 0.951. The molecule has 0 saturated carbocycles. The minimum atomic E-state index is -0.543. The molecule has 0 amide bonds. The zero-order valence-electron chi connectivity index (χ0n) is 5.44. The SMILES string of the molecule is Fc1nc2ccc(Br)cc2[nH]1. The summed E-state index contributed by atoms with van der Waals surface area (Å²) in [5.41, 5.74) is 1.35. The van der Waals surface area contributed by atoms with Gasteiger partial charge in [-0.2, -0.15) is 4.39 Å². The van der Waals surface area contributed by atoms with Crippen molar-refractivity contribution in [3.8, 4) is 0 Å². The fraction of sp³-hybridized carbons (Fsp3) is 0. The molecule has 11 heavy (non-hydrogen) atoms. The van der Waals surface area contributed by atoms with Crippen molar-refractivity contribution in [2.75, 3.05) is 0 Å². The van der Waals surface area contributed by atoms with Gasteiger partial charge in [0.2, 0.25) is 0 Å². The number of rotatable bonds is 0. The van der Waals surface area contributed by atoms with Crippen LogP contribution in [0.4, 0.5) is 4.39 Å². The number of nitrogens with zero attached hydrogens (tertiary/aromatic N) is 1. The number of nitrogens with one attached hydrogen (secondary N) is 1. The summed E-state index contributed by atoms with van der Waals surface area (Å²) in [5.74, 6) is 0. The van der Waals surface area contributed by atoms with Crippen molar-refractivity contribution in [2.24, 2.45) is 0 Å². The van der Waals surface area contributed by atoms with Gasteiger partial charge in [-0.05, 0) is 18.2 Å². The van der Waals surface area contributed by atoms with E-state index < -0.39 is 6.08 Å². The molecular weight excluding hydrogens is 211 g/mol. The molecule has 1 heterocycles. The first-order valence-electron chi connectivity index (χ1n) is 3.06. The molecule has 1 N–H and O–H groups in total. The second kappa shape index (κ2) is 2.30. The monoisotopic (exact) mass is 214 g/mol. The van der Waals surface area contributed by atoms with E-state index in [0.29, 0.717) is 11.0 Å². The zero-order valence-corrected chi connectivity index (χ0v) is 7.02. The number of aromatic nitrogens is 2. The van der Waals surface area contributed by atoms with Crippen molar-refractivity contribution < 1.29 is 4.39 Å². The van der Waals surface area contributed by atoms with Gasteiger partial charge in [0.25, 0.3) is 6.08 Å². The number of fused-ring (bicyclic) bond motifs is 1. The molecule has 0 aliphatic heterocycles. The molecule has 0 radical (unpaired) electrons. The topological polar surface area (TPSA) is 28.7 Å². The Balaban J connectivity index is 2.82. The molecule has 0 atom stereocenters. The van der Waals surface area contributed by atoms with Gasteiger partial charge in [-0.25, -0.2) is 4.98 Å².